The Kier molecular flexibility index (Phi) is 16.7. The SMILES string of the molecule is CCN(CC)CCNC1=C2C[C@@H](C)C[C@H](OC)C(OC(N)=O)[C@@H](C)/C=C(\C)C(OC(N)=O)[C@@H](OC)CC/C=C(\C)C(=O)NC(=CC1=O)C2=O. The van der Waals surface area contributed by atoms with Gasteiger partial charge in [-0.1, -0.05) is 39.8 Å². The molecule has 0 aromatic carbocycles. The molecule has 1 aliphatic carbocycles. The third-order valence-corrected chi connectivity index (χ3v) is 8.96. The third kappa shape index (κ3) is 12.1. The number of primary amides is 2. The number of carbonyl (C=O) groups is 5. The van der Waals surface area contributed by atoms with Crippen LogP contribution in [-0.2, 0) is 33.3 Å². The van der Waals surface area contributed by atoms with Gasteiger partial charge in [-0.15, -0.1) is 0 Å². The van der Waals surface area contributed by atoms with E-state index in [0.717, 1.165) is 19.2 Å². The molecule has 0 spiro atoms. The molecule has 14 heteroatoms. The highest BCUT2D eigenvalue weighted by Crippen LogP contribution is 2.30. The highest BCUT2D eigenvalue weighted by molar-refractivity contribution is 6.23. The van der Waals surface area contributed by atoms with E-state index in [9.17, 15) is 24.0 Å². The van der Waals surface area contributed by atoms with Crippen molar-refractivity contribution in [2.45, 2.75) is 91.6 Å². The largest absolute Gasteiger partial charge is 0.443 e. The maximum atomic E-state index is 13.9. The van der Waals surface area contributed by atoms with Crippen LogP contribution in [0.3, 0.4) is 0 Å². The van der Waals surface area contributed by atoms with Crippen molar-refractivity contribution in [3.05, 3.63) is 46.3 Å². The highest BCUT2D eigenvalue weighted by atomic mass is 16.6. The summed E-state index contributed by atoms with van der Waals surface area (Å²) in [4.78, 5) is 66.8. The first-order valence-corrected chi connectivity index (χ1v) is 16.8. The van der Waals surface area contributed by atoms with Gasteiger partial charge in [-0.25, -0.2) is 9.59 Å². The summed E-state index contributed by atoms with van der Waals surface area (Å²) in [6.45, 7) is 13.9. The minimum Gasteiger partial charge on any atom is -0.443 e. The fraction of sp³-hybridized carbons (Fsp3) is 0.629. The van der Waals surface area contributed by atoms with Crippen LogP contribution in [0.15, 0.2) is 46.3 Å². The smallest absolute Gasteiger partial charge is 0.405 e. The second-order valence-corrected chi connectivity index (χ2v) is 12.6. The van der Waals surface area contributed by atoms with Crippen LogP contribution in [0, 0.1) is 11.8 Å². The zero-order valence-corrected chi connectivity index (χ0v) is 30.1. The van der Waals surface area contributed by atoms with Crippen molar-refractivity contribution in [3.8, 4) is 0 Å². The number of fused-ring (bicyclic) bond motifs is 2. The molecule has 0 aromatic rings. The Hall–Kier alpha value is -4.01. The van der Waals surface area contributed by atoms with Crippen molar-refractivity contribution in [2.75, 3.05) is 40.4 Å². The predicted molar refractivity (Wildman–Crippen MR) is 184 cm³/mol. The van der Waals surface area contributed by atoms with E-state index < -0.39 is 60.0 Å². The number of nitrogens with one attached hydrogen (secondary N) is 2. The minimum absolute atomic E-state index is 0.117. The molecular weight excluding hydrogens is 634 g/mol. The molecule has 6 atom stereocenters. The molecule has 1 heterocycles. The molecule has 0 aromatic heterocycles. The predicted octanol–water partition coefficient (Wildman–Crippen LogP) is 3.02. The maximum Gasteiger partial charge on any atom is 0.405 e. The van der Waals surface area contributed by atoms with Crippen LogP contribution in [0.5, 0.6) is 0 Å². The van der Waals surface area contributed by atoms with Gasteiger partial charge >= 0.3 is 12.2 Å². The lowest BCUT2D eigenvalue weighted by molar-refractivity contribution is -0.120. The van der Waals surface area contributed by atoms with Crippen LogP contribution in [-0.4, -0.2) is 99.4 Å². The van der Waals surface area contributed by atoms with Crippen LogP contribution in [0.2, 0.25) is 0 Å². The number of hydrogen-bond donors (Lipinski definition) is 4. The van der Waals surface area contributed by atoms with E-state index in [1.54, 1.807) is 26.0 Å². The zero-order chi connectivity index (χ0) is 36.8. The number of rotatable bonds is 10. The molecule has 1 aliphatic heterocycles. The van der Waals surface area contributed by atoms with Crippen LogP contribution < -0.4 is 22.1 Å². The monoisotopic (exact) mass is 689 g/mol. The van der Waals surface area contributed by atoms with E-state index in [1.165, 1.54) is 14.2 Å². The lowest BCUT2D eigenvalue weighted by Crippen LogP contribution is -2.41. The molecule has 6 N–H and O–H groups in total. The Labute approximate surface area is 289 Å². The van der Waals surface area contributed by atoms with E-state index in [4.69, 9.17) is 30.4 Å². The Bertz CT molecular complexity index is 1330. The number of Topliss-reactive ketones (excluding diaryl/α,β-unsaturated/α-hetero) is 1. The number of ketones is 2. The van der Waals surface area contributed by atoms with Crippen molar-refractivity contribution < 1.29 is 42.9 Å². The maximum absolute atomic E-state index is 13.9. The average molecular weight is 690 g/mol. The Morgan fingerprint density at radius 1 is 1.00 bits per heavy atom. The Morgan fingerprint density at radius 2 is 1.63 bits per heavy atom. The number of amides is 3. The second kappa shape index (κ2) is 19.9. The van der Waals surface area contributed by atoms with Gasteiger partial charge in [-0.3, -0.25) is 14.4 Å². The third-order valence-electron chi connectivity index (χ3n) is 8.96. The zero-order valence-electron chi connectivity index (χ0n) is 30.1. The number of hydrogen-bond acceptors (Lipinski definition) is 11. The molecular formula is C35H55N5O9. The number of nitrogens with two attached hydrogens (primary N) is 2. The van der Waals surface area contributed by atoms with E-state index >= 15 is 0 Å². The number of ether oxygens (including phenoxy) is 4. The molecule has 2 unspecified atom stereocenters. The molecule has 0 saturated heterocycles. The molecule has 3 amide bonds. The van der Waals surface area contributed by atoms with Crippen LogP contribution in [0.4, 0.5) is 9.59 Å². The molecule has 2 rings (SSSR count). The van der Waals surface area contributed by atoms with Gasteiger partial charge in [0.25, 0.3) is 5.91 Å². The fourth-order valence-corrected chi connectivity index (χ4v) is 6.26. The van der Waals surface area contributed by atoms with Crippen molar-refractivity contribution >= 4 is 29.7 Å². The number of methoxy groups -OCH3 is 2. The summed E-state index contributed by atoms with van der Waals surface area (Å²) in [5.74, 6) is -2.18. The summed E-state index contributed by atoms with van der Waals surface area (Å²) in [5, 5.41) is 5.82. The number of carbonyl (C=O) groups excluding carboxylic acids is 5. The lowest BCUT2D eigenvalue weighted by atomic mass is 9.85. The van der Waals surface area contributed by atoms with Crippen molar-refractivity contribution in [3.63, 3.8) is 0 Å². The van der Waals surface area contributed by atoms with E-state index in [1.807, 2.05) is 27.7 Å². The molecule has 2 aliphatic rings. The van der Waals surface area contributed by atoms with Crippen LogP contribution in [0.1, 0.15) is 67.2 Å². The van der Waals surface area contributed by atoms with Gasteiger partial charge in [0.15, 0.2) is 6.10 Å². The Balaban J connectivity index is 2.64. The summed E-state index contributed by atoms with van der Waals surface area (Å²) in [6, 6.07) is 0. The standard InChI is InChI=1S/C35H55N5O9/c1-9-40(10-2)15-14-38-29-24-16-20(3)17-28(47-8)32(49-35(37)45)23(6)18-22(5)31(48-34(36)44)27(46-7)13-11-12-21(4)33(43)39-25(30(24)42)19-26(29)41/h12,18-20,23,27-28,31-32,38H,9-11,13-17H2,1-8H3,(H2,36,44)(H2,37,45)(H,39,43)/b21-12+,22-18+/t20-,23+,27+,28+,31?,32?/m1/s1. The number of likely N-dealkylation sites (N-methyl/N-ethyl adjacent to an activating group) is 1. The molecule has 0 saturated carbocycles. The van der Waals surface area contributed by atoms with Gasteiger partial charge in [0, 0.05) is 50.4 Å². The van der Waals surface area contributed by atoms with Crippen LogP contribution >= 0.6 is 0 Å². The molecule has 0 fully saturated rings. The summed E-state index contributed by atoms with van der Waals surface area (Å²) < 4.78 is 22.6. The molecule has 274 valence electrons. The second-order valence-electron chi connectivity index (χ2n) is 12.6. The first-order valence-electron chi connectivity index (χ1n) is 16.8. The fourth-order valence-electron chi connectivity index (χ4n) is 6.26. The van der Waals surface area contributed by atoms with Crippen LogP contribution in [0.25, 0.3) is 0 Å². The first-order chi connectivity index (χ1) is 23.2. The normalized spacial score (nSPS) is 28.5. The van der Waals surface area contributed by atoms with Crippen molar-refractivity contribution in [1.29, 1.82) is 0 Å². The van der Waals surface area contributed by atoms with E-state index in [2.05, 4.69) is 15.5 Å². The summed E-state index contributed by atoms with van der Waals surface area (Å²) in [6.07, 6.45) is 0.642. The van der Waals surface area contributed by atoms with Gasteiger partial charge in [-0.2, -0.15) is 0 Å². The summed E-state index contributed by atoms with van der Waals surface area (Å²) in [5.41, 5.74) is 12.1. The van der Waals surface area contributed by atoms with Gasteiger partial charge in [-0.05, 0) is 64.1 Å². The Morgan fingerprint density at radius 3 is 2.20 bits per heavy atom. The molecule has 49 heavy (non-hydrogen) atoms. The average Bonchev–Trinajstić information content (AvgIpc) is 3.04. The lowest BCUT2D eigenvalue weighted by Gasteiger charge is -2.32. The summed E-state index contributed by atoms with van der Waals surface area (Å²) >= 11 is 0. The molecule has 2 bridgehead atoms. The molecule has 0 radical (unpaired) electrons. The van der Waals surface area contributed by atoms with E-state index in [-0.39, 0.29) is 29.3 Å². The summed E-state index contributed by atoms with van der Waals surface area (Å²) in [7, 11) is 2.95. The quantitative estimate of drug-likeness (QED) is 0.194. The molecule has 14 nitrogen and oxygen atoms in total. The number of nitrogens with zero attached hydrogens (tertiary/aromatic N) is 1. The minimum atomic E-state index is -1.00. The van der Waals surface area contributed by atoms with Gasteiger partial charge in [0.05, 0.1) is 23.6 Å². The number of allylic oxidation sites excluding steroid dienone is 3. The van der Waals surface area contributed by atoms with Gasteiger partial charge in [0.2, 0.25) is 11.6 Å². The van der Waals surface area contributed by atoms with Gasteiger partial charge < -0.3 is 45.9 Å². The topological polar surface area (TPSA) is 202 Å². The van der Waals surface area contributed by atoms with Crippen molar-refractivity contribution in [1.82, 2.24) is 15.5 Å². The van der Waals surface area contributed by atoms with Crippen molar-refractivity contribution in [2.24, 2.45) is 23.3 Å². The van der Waals surface area contributed by atoms with Gasteiger partial charge in [0.1, 0.15) is 6.10 Å². The van der Waals surface area contributed by atoms with E-state index in [0.29, 0.717) is 43.5 Å². The highest BCUT2D eigenvalue weighted by Gasteiger charge is 2.35. The first kappa shape index (κ1) is 41.2.